The fourth-order valence-electron chi connectivity index (χ4n) is 1.76. The number of fused-ring (bicyclic) bond motifs is 1. The van der Waals surface area contributed by atoms with Crippen LogP contribution in [0.25, 0.3) is 10.8 Å². The molecule has 2 rings (SSSR count). The zero-order valence-electron chi connectivity index (χ0n) is 9.55. The van der Waals surface area contributed by atoms with E-state index in [2.05, 4.69) is 0 Å². The number of phenols is 2. The van der Waals surface area contributed by atoms with Gasteiger partial charge in [0.1, 0.15) is 21.3 Å². The second-order valence-electron chi connectivity index (χ2n) is 3.87. The summed E-state index contributed by atoms with van der Waals surface area (Å²) < 4.78 is 62.0. The molecule has 20 heavy (non-hydrogen) atoms. The Morgan fingerprint density at radius 1 is 0.700 bits per heavy atom. The van der Waals surface area contributed by atoms with E-state index in [0.29, 0.717) is 0 Å². The number of benzene rings is 2. The molecular formula is C10H8O8S2. The summed E-state index contributed by atoms with van der Waals surface area (Å²) in [5, 5.41) is 19.2. The van der Waals surface area contributed by atoms with Crippen LogP contribution in [-0.2, 0) is 20.2 Å². The molecule has 0 atom stereocenters. The van der Waals surface area contributed by atoms with Crippen molar-refractivity contribution < 1.29 is 36.2 Å². The maximum Gasteiger partial charge on any atom is 0.298 e. The first kappa shape index (κ1) is 14.5. The third-order valence-corrected chi connectivity index (χ3v) is 4.38. The molecule has 0 unspecified atom stereocenters. The van der Waals surface area contributed by atoms with Gasteiger partial charge in [0.2, 0.25) is 0 Å². The van der Waals surface area contributed by atoms with Crippen molar-refractivity contribution in [3.8, 4) is 11.5 Å². The molecule has 0 radical (unpaired) electrons. The first-order valence-corrected chi connectivity index (χ1v) is 7.84. The van der Waals surface area contributed by atoms with E-state index in [1.165, 1.54) is 0 Å². The molecule has 0 spiro atoms. The van der Waals surface area contributed by atoms with Crippen LogP contribution >= 0.6 is 0 Å². The highest BCUT2D eigenvalue weighted by atomic mass is 32.2. The molecule has 108 valence electrons. The number of phenolic OH excluding ortho intramolecular Hbond substituents is 2. The Morgan fingerprint density at radius 2 is 1.05 bits per heavy atom. The maximum atomic E-state index is 11.0. The largest absolute Gasteiger partial charge is 0.506 e. The molecule has 0 saturated carbocycles. The lowest BCUT2D eigenvalue weighted by atomic mass is 10.1. The molecule has 0 amide bonds. The summed E-state index contributed by atoms with van der Waals surface area (Å²) in [5.41, 5.74) is 0. The van der Waals surface area contributed by atoms with Gasteiger partial charge in [-0.15, -0.1) is 0 Å². The first-order valence-electron chi connectivity index (χ1n) is 4.96. The second kappa shape index (κ2) is 4.31. The van der Waals surface area contributed by atoms with Crippen molar-refractivity contribution >= 4 is 31.0 Å². The van der Waals surface area contributed by atoms with Crippen LogP contribution in [-0.4, -0.2) is 36.2 Å². The SMILES string of the molecule is O=S(=O)(O)c1ccc2ccc(S(=O)(=O)O)c(O)c2c1O. The van der Waals surface area contributed by atoms with Gasteiger partial charge in [-0.3, -0.25) is 9.11 Å². The average molecular weight is 320 g/mol. The number of rotatable bonds is 2. The van der Waals surface area contributed by atoms with Gasteiger partial charge < -0.3 is 10.2 Å². The van der Waals surface area contributed by atoms with E-state index in [0.717, 1.165) is 24.3 Å². The second-order valence-corrected chi connectivity index (χ2v) is 6.65. The smallest absolute Gasteiger partial charge is 0.298 e. The lowest BCUT2D eigenvalue weighted by Crippen LogP contribution is -2.01. The van der Waals surface area contributed by atoms with Crippen molar-refractivity contribution in [1.82, 2.24) is 0 Å². The van der Waals surface area contributed by atoms with Crippen LogP contribution in [0.1, 0.15) is 0 Å². The van der Waals surface area contributed by atoms with Crippen LogP contribution in [0.3, 0.4) is 0 Å². The first-order chi connectivity index (χ1) is 9.03. The molecule has 2 aromatic rings. The lowest BCUT2D eigenvalue weighted by Gasteiger charge is -2.09. The molecule has 8 nitrogen and oxygen atoms in total. The predicted molar refractivity (Wildman–Crippen MR) is 66.9 cm³/mol. The Labute approximate surface area is 113 Å². The van der Waals surface area contributed by atoms with Crippen LogP contribution in [0.2, 0.25) is 0 Å². The van der Waals surface area contributed by atoms with Crippen LogP contribution in [0.15, 0.2) is 34.1 Å². The van der Waals surface area contributed by atoms with Crippen molar-refractivity contribution in [2.75, 3.05) is 0 Å². The Morgan fingerprint density at radius 3 is 1.35 bits per heavy atom. The minimum atomic E-state index is -4.76. The van der Waals surface area contributed by atoms with Crippen LogP contribution in [0.4, 0.5) is 0 Å². The Kier molecular flexibility index (Phi) is 3.13. The molecule has 0 fully saturated rings. The number of hydrogen-bond donors (Lipinski definition) is 4. The van der Waals surface area contributed by atoms with E-state index in [9.17, 15) is 27.0 Å². The van der Waals surface area contributed by atoms with Gasteiger partial charge in [-0.2, -0.15) is 16.8 Å². The molecule has 10 heteroatoms. The highest BCUT2D eigenvalue weighted by molar-refractivity contribution is 7.86. The Hall–Kier alpha value is -1.88. The normalized spacial score (nSPS) is 12.7. The van der Waals surface area contributed by atoms with Gasteiger partial charge >= 0.3 is 0 Å². The van der Waals surface area contributed by atoms with Crippen molar-refractivity contribution in [3.63, 3.8) is 0 Å². The molecule has 2 aromatic carbocycles. The van der Waals surface area contributed by atoms with Gasteiger partial charge in [-0.25, -0.2) is 0 Å². The third kappa shape index (κ3) is 2.29. The molecule has 0 aliphatic rings. The summed E-state index contributed by atoms with van der Waals surface area (Å²) in [6.45, 7) is 0. The van der Waals surface area contributed by atoms with E-state index >= 15 is 0 Å². The molecule has 0 bridgehead atoms. The average Bonchev–Trinajstić information content (AvgIpc) is 2.25. The molecule has 0 saturated heterocycles. The minimum absolute atomic E-state index is 0.111. The lowest BCUT2D eigenvalue weighted by molar-refractivity contribution is 0.435. The summed E-state index contributed by atoms with van der Waals surface area (Å²) in [4.78, 5) is -1.79. The Bertz CT molecular complexity index is 839. The zero-order valence-corrected chi connectivity index (χ0v) is 11.2. The standard InChI is InChI=1S/C10H8O8S2/c11-9-6(19(13,14)15)3-1-5-2-4-7(20(16,17)18)10(12)8(5)9/h1-4,11-12H,(H,13,14,15)(H,16,17,18). The van der Waals surface area contributed by atoms with Crippen LogP contribution in [0.5, 0.6) is 11.5 Å². The highest BCUT2D eigenvalue weighted by Crippen LogP contribution is 2.40. The molecule has 0 aliphatic heterocycles. The highest BCUT2D eigenvalue weighted by Gasteiger charge is 2.23. The summed E-state index contributed by atoms with van der Waals surface area (Å²) in [6.07, 6.45) is 0. The van der Waals surface area contributed by atoms with E-state index in [1.807, 2.05) is 0 Å². The van der Waals surface area contributed by atoms with Crippen molar-refractivity contribution in [2.45, 2.75) is 9.79 Å². The van der Waals surface area contributed by atoms with E-state index in [4.69, 9.17) is 9.11 Å². The fourth-order valence-corrected chi connectivity index (χ4v) is 2.93. The van der Waals surface area contributed by atoms with Crippen molar-refractivity contribution in [1.29, 1.82) is 0 Å². The summed E-state index contributed by atoms with van der Waals surface area (Å²) in [7, 11) is -9.53. The van der Waals surface area contributed by atoms with Gasteiger partial charge in [0.05, 0.1) is 5.39 Å². The topological polar surface area (TPSA) is 149 Å². The quantitative estimate of drug-likeness (QED) is 0.592. The zero-order chi connectivity index (χ0) is 15.3. The summed E-state index contributed by atoms with van der Waals surface area (Å²) in [5.74, 6) is -2.04. The molecule has 0 heterocycles. The summed E-state index contributed by atoms with van der Waals surface area (Å²) in [6, 6.07) is 4.07. The number of hydrogen-bond acceptors (Lipinski definition) is 6. The van der Waals surface area contributed by atoms with Gasteiger partial charge in [0.15, 0.2) is 0 Å². The van der Waals surface area contributed by atoms with Crippen molar-refractivity contribution in [3.05, 3.63) is 24.3 Å². The molecule has 0 aliphatic carbocycles. The van der Waals surface area contributed by atoms with Gasteiger partial charge in [0.25, 0.3) is 20.2 Å². The molecule has 4 N–H and O–H groups in total. The minimum Gasteiger partial charge on any atom is -0.506 e. The maximum absolute atomic E-state index is 11.0. The fraction of sp³-hybridized carbons (Fsp3) is 0. The monoisotopic (exact) mass is 320 g/mol. The third-order valence-electron chi connectivity index (χ3n) is 2.61. The van der Waals surface area contributed by atoms with Gasteiger partial charge in [-0.05, 0) is 17.5 Å². The van der Waals surface area contributed by atoms with E-state index in [1.54, 1.807) is 0 Å². The van der Waals surface area contributed by atoms with Crippen molar-refractivity contribution in [2.24, 2.45) is 0 Å². The summed E-state index contributed by atoms with van der Waals surface area (Å²) >= 11 is 0. The molecular weight excluding hydrogens is 312 g/mol. The predicted octanol–water partition coefficient (Wildman–Crippen LogP) is 0.744. The van der Waals surface area contributed by atoms with Crippen LogP contribution in [0, 0.1) is 0 Å². The molecule has 0 aromatic heterocycles. The van der Waals surface area contributed by atoms with E-state index in [-0.39, 0.29) is 5.39 Å². The van der Waals surface area contributed by atoms with Gasteiger partial charge in [-0.1, -0.05) is 12.1 Å². The Balaban J connectivity index is 3.01. The number of aromatic hydroxyl groups is 2. The van der Waals surface area contributed by atoms with E-state index < -0.39 is 46.9 Å². The van der Waals surface area contributed by atoms with Crippen LogP contribution < -0.4 is 0 Å². The van der Waals surface area contributed by atoms with Gasteiger partial charge in [0, 0.05) is 0 Å².